The molecule has 0 aliphatic rings. The van der Waals surface area contributed by atoms with Crippen molar-refractivity contribution in [2.24, 2.45) is 0 Å². The zero-order chi connectivity index (χ0) is 51.3. The summed E-state index contributed by atoms with van der Waals surface area (Å²) >= 11 is 0. The van der Waals surface area contributed by atoms with E-state index in [4.69, 9.17) is 0 Å². The fraction of sp³-hybridized carbons (Fsp3) is 0.155. The van der Waals surface area contributed by atoms with Crippen molar-refractivity contribution in [3.63, 3.8) is 0 Å². The monoisotopic (exact) mass is 927 g/mol. The number of rotatable bonds is 13. The van der Waals surface area contributed by atoms with Crippen LogP contribution in [0.25, 0.3) is 66.8 Å². The van der Waals surface area contributed by atoms with E-state index < -0.39 is 0 Å². The van der Waals surface area contributed by atoms with Crippen LogP contribution in [0.4, 0.5) is 0 Å². The molecular formula is C71H74. The van der Waals surface area contributed by atoms with Crippen LogP contribution in [0, 0.1) is 20.8 Å². The van der Waals surface area contributed by atoms with Crippen LogP contribution in [0.1, 0.15) is 93.0 Å². The molecule has 0 unspecified atom stereocenters. The maximum absolute atomic E-state index is 4.27. The molecule has 0 heteroatoms. The van der Waals surface area contributed by atoms with Crippen LogP contribution in [-0.2, 0) is 6.42 Å². The molecular weight excluding hydrogens is 853 g/mol. The molecule has 71 heavy (non-hydrogen) atoms. The lowest BCUT2D eigenvalue weighted by Gasteiger charge is -2.17. The normalized spacial score (nSPS) is 11.2. The first-order valence-corrected chi connectivity index (χ1v) is 25.2. The Bertz CT molecular complexity index is 3130. The second kappa shape index (κ2) is 27.4. The molecule has 0 N–H and O–H groups in total. The number of aryl methyl sites for hydroxylation is 2. The molecule has 0 fully saturated rings. The summed E-state index contributed by atoms with van der Waals surface area (Å²) in [7, 11) is 0. The topological polar surface area (TPSA) is 0 Å². The standard InChI is InChI=1S/C48H42.C19H20.2C2H6/c1-6-38(42-25-16-27-44(31-42)43-26-15-23-40(30-43)34(2)3)20-12-11-18-37-19-14-24-41(29-37)45-32-47(39-21-8-7-9-22-39)36(5)48(33-45)46-28-13-10-17-35(46)4;1-14-10-8-9-13-19(14)17(4)15(2)16(3)18-11-6-5-7-12-18;2*1-2/h6-17,19-33H,1-2,18H2,3-5H3;5-13H,4H2,1-3H3;2*1-2H3/b12-11-,38-20+;16-15+;;. The zero-order valence-electron chi connectivity index (χ0n) is 44.1. The van der Waals surface area contributed by atoms with Crippen LogP contribution in [0.5, 0.6) is 0 Å². The Labute approximate surface area is 428 Å². The van der Waals surface area contributed by atoms with Gasteiger partial charge in [0.05, 0.1) is 0 Å². The van der Waals surface area contributed by atoms with Gasteiger partial charge in [-0.1, -0.05) is 247 Å². The molecule has 0 aliphatic carbocycles. The van der Waals surface area contributed by atoms with Gasteiger partial charge in [-0.25, -0.2) is 0 Å². The first kappa shape index (κ1) is 54.1. The van der Waals surface area contributed by atoms with E-state index in [0.717, 1.165) is 34.3 Å². The van der Waals surface area contributed by atoms with Crippen molar-refractivity contribution in [3.8, 4) is 44.5 Å². The van der Waals surface area contributed by atoms with Crippen LogP contribution in [0.15, 0.2) is 244 Å². The van der Waals surface area contributed by atoms with Crippen molar-refractivity contribution in [2.45, 2.75) is 75.7 Å². The van der Waals surface area contributed by atoms with Crippen LogP contribution < -0.4 is 0 Å². The van der Waals surface area contributed by atoms with Crippen molar-refractivity contribution >= 4 is 22.3 Å². The van der Waals surface area contributed by atoms with E-state index in [2.05, 4.69) is 261 Å². The molecule has 358 valence electrons. The quantitative estimate of drug-likeness (QED) is 0.101. The summed E-state index contributed by atoms with van der Waals surface area (Å²) < 4.78 is 0. The van der Waals surface area contributed by atoms with E-state index in [-0.39, 0.29) is 0 Å². The van der Waals surface area contributed by atoms with E-state index >= 15 is 0 Å². The second-order valence-corrected chi connectivity index (χ2v) is 17.4. The number of allylic oxidation sites excluding steroid dienone is 9. The highest BCUT2D eigenvalue weighted by atomic mass is 14.2. The third-order valence-electron chi connectivity index (χ3n) is 12.8. The lowest BCUT2D eigenvalue weighted by atomic mass is 9.87. The minimum absolute atomic E-state index is 0.838. The highest BCUT2D eigenvalue weighted by Crippen LogP contribution is 2.38. The summed E-state index contributed by atoms with van der Waals surface area (Å²) in [6, 6.07) is 69.1. The Morgan fingerprint density at radius 2 is 0.958 bits per heavy atom. The minimum Gasteiger partial charge on any atom is -0.0984 e. The summed E-state index contributed by atoms with van der Waals surface area (Å²) in [5.74, 6) is 0. The molecule has 0 radical (unpaired) electrons. The van der Waals surface area contributed by atoms with E-state index in [0.29, 0.717) is 0 Å². The van der Waals surface area contributed by atoms with Gasteiger partial charge in [0, 0.05) is 0 Å². The van der Waals surface area contributed by atoms with Crippen LogP contribution in [0.2, 0.25) is 0 Å². The van der Waals surface area contributed by atoms with Crippen LogP contribution in [-0.4, -0.2) is 0 Å². The van der Waals surface area contributed by atoms with Crippen LogP contribution in [0.3, 0.4) is 0 Å². The van der Waals surface area contributed by atoms with Gasteiger partial charge in [-0.05, 0) is 184 Å². The fourth-order valence-corrected chi connectivity index (χ4v) is 8.58. The molecule has 0 atom stereocenters. The zero-order valence-corrected chi connectivity index (χ0v) is 44.1. The smallest absolute Gasteiger partial charge is 0.00941 e. The van der Waals surface area contributed by atoms with E-state index in [1.54, 1.807) is 0 Å². The number of benzene rings is 8. The fourth-order valence-electron chi connectivity index (χ4n) is 8.58. The average Bonchev–Trinajstić information content (AvgIpc) is 3.42. The van der Waals surface area contributed by atoms with Gasteiger partial charge in [-0.2, -0.15) is 0 Å². The van der Waals surface area contributed by atoms with Gasteiger partial charge in [0.25, 0.3) is 0 Å². The molecule has 0 nitrogen and oxygen atoms in total. The van der Waals surface area contributed by atoms with Gasteiger partial charge in [0.1, 0.15) is 0 Å². The number of hydrogen-bond acceptors (Lipinski definition) is 0. The van der Waals surface area contributed by atoms with E-state index in [9.17, 15) is 0 Å². The van der Waals surface area contributed by atoms with Gasteiger partial charge < -0.3 is 0 Å². The van der Waals surface area contributed by atoms with Gasteiger partial charge in [0.2, 0.25) is 0 Å². The Kier molecular flexibility index (Phi) is 20.9. The van der Waals surface area contributed by atoms with Crippen molar-refractivity contribution < 1.29 is 0 Å². The molecule has 0 spiro atoms. The van der Waals surface area contributed by atoms with Crippen LogP contribution >= 0.6 is 0 Å². The first-order chi connectivity index (χ1) is 34.5. The molecule has 0 heterocycles. The predicted molar refractivity (Wildman–Crippen MR) is 317 cm³/mol. The lowest BCUT2D eigenvalue weighted by Crippen LogP contribution is -1.93. The Balaban J connectivity index is 0.000000340. The molecule has 8 aromatic rings. The van der Waals surface area contributed by atoms with Gasteiger partial charge in [0.15, 0.2) is 0 Å². The molecule has 0 bridgehead atoms. The summed E-state index contributed by atoms with van der Waals surface area (Å²) in [4.78, 5) is 0. The second-order valence-electron chi connectivity index (χ2n) is 17.4. The maximum atomic E-state index is 4.27. The van der Waals surface area contributed by atoms with E-state index in [1.165, 1.54) is 89.0 Å². The SMILES string of the molecule is C=C(/C(C)=C(\C)c1ccccc1)c1ccccc1C.C=C/C(=C\C=C/Cc1cccc(-c2cc(-c3ccccc3)c(C)c(-c3ccccc3C)c2)c1)c1cccc(-c2cccc(C(=C)C)c2)c1.CC.CC. The van der Waals surface area contributed by atoms with Crippen molar-refractivity contribution in [3.05, 3.63) is 288 Å². The predicted octanol–water partition coefficient (Wildman–Crippen LogP) is 20.9. The van der Waals surface area contributed by atoms with Gasteiger partial charge in [-0.3, -0.25) is 0 Å². The molecule has 0 saturated heterocycles. The summed E-state index contributed by atoms with van der Waals surface area (Å²) in [6.45, 7) is 33.4. The minimum atomic E-state index is 0.838. The average molecular weight is 927 g/mol. The third-order valence-corrected chi connectivity index (χ3v) is 12.8. The summed E-state index contributed by atoms with van der Waals surface area (Å²) in [6.07, 6.45) is 9.30. The Hall–Kier alpha value is -7.80. The Morgan fingerprint density at radius 3 is 1.58 bits per heavy atom. The maximum Gasteiger partial charge on any atom is -0.00941 e. The third kappa shape index (κ3) is 14.4. The van der Waals surface area contributed by atoms with Crippen molar-refractivity contribution in [2.75, 3.05) is 0 Å². The molecule has 8 aromatic carbocycles. The summed E-state index contributed by atoms with van der Waals surface area (Å²) in [5.41, 5.74) is 25.6. The summed E-state index contributed by atoms with van der Waals surface area (Å²) in [5, 5.41) is 0. The number of hydrogen-bond donors (Lipinski definition) is 0. The largest absolute Gasteiger partial charge is 0.0984 e. The molecule has 0 amide bonds. The Morgan fingerprint density at radius 1 is 0.451 bits per heavy atom. The van der Waals surface area contributed by atoms with E-state index in [1.807, 2.05) is 46.8 Å². The highest BCUT2D eigenvalue weighted by molar-refractivity contribution is 5.88. The van der Waals surface area contributed by atoms with Gasteiger partial charge in [-0.15, -0.1) is 0 Å². The lowest BCUT2D eigenvalue weighted by molar-refractivity contribution is 1.27. The molecule has 0 aliphatic heterocycles. The first-order valence-electron chi connectivity index (χ1n) is 25.2. The highest BCUT2D eigenvalue weighted by Gasteiger charge is 2.14. The van der Waals surface area contributed by atoms with Gasteiger partial charge >= 0.3 is 0 Å². The molecule has 0 aromatic heterocycles. The van der Waals surface area contributed by atoms with Crippen molar-refractivity contribution in [1.29, 1.82) is 0 Å². The molecule has 0 saturated carbocycles. The van der Waals surface area contributed by atoms with Crippen molar-refractivity contribution in [1.82, 2.24) is 0 Å². The molecule has 8 rings (SSSR count).